The van der Waals surface area contributed by atoms with Gasteiger partial charge >= 0.3 is 0 Å². The molecular formula is C12H17ClN2OS. The lowest BCUT2D eigenvalue weighted by Gasteiger charge is -2.21. The van der Waals surface area contributed by atoms with Crippen molar-refractivity contribution in [1.29, 1.82) is 0 Å². The molecular weight excluding hydrogens is 256 g/mol. The number of ether oxygens (including phenoxy) is 1. The zero-order valence-electron chi connectivity index (χ0n) is 10.1. The fourth-order valence-electron chi connectivity index (χ4n) is 1.32. The van der Waals surface area contributed by atoms with Gasteiger partial charge in [0.15, 0.2) is 5.11 Å². The summed E-state index contributed by atoms with van der Waals surface area (Å²) in [6.07, 6.45) is 0.942. The summed E-state index contributed by atoms with van der Waals surface area (Å²) in [6, 6.07) is 7.54. The third-order valence-electron chi connectivity index (χ3n) is 2.30. The molecule has 0 fully saturated rings. The van der Waals surface area contributed by atoms with Crippen molar-refractivity contribution in [2.24, 2.45) is 0 Å². The number of hydrogen-bond acceptors (Lipinski definition) is 2. The van der Waals surface area contributed by atoms with Crippen LogP contribution in [0.1, 0.15) is 6.42 Å². The van der Waals surface area contributed by atoms with Gasteiger partial charge in [-0.25, -0.2) is 0 Å². The minimum absolute atomic E-state index is 0.661. The van der Waals surface area contributed by atoms with Gasteiger partial charge in [0, 0.05) is 27.3 Å². The van der Waals surface area contributed by atoms with Crippen LogP contribution >= 0.6 is 23.8 Å². The highest BCUT2D eigenvalue weighted by Crippen LogP contribution is 2.20. The van der Waals surface area contributed by atoms with E-state index in [1.54, 1.807) is 7.11 Å². The maximum atomic E-state index is 6.04. The molecule has 1 aromatic rings. The first-order valence-electron chi connectivity index (χ1n) is 5.40. The molecule has 0 spiro atoms. The smallest absolute Gasteiger partial charge is 0.173 e. The van der Waals surface area contributed by atoms with E-state index in [2.05, 4.69) is 5.32 Å². The molecule has 0 saturated carbocycles. The number of hydrogen-bond donors (Lipinski definition) is 1. The number of para-hydroxylation sites is 1. The van der Waals surface area contributed by atoms with Gasteiger partial charge in [-0.1, -0.05) is 23.7 Å². The summed E-state index contributed by atoms with van der Waals surface area (Å²) in [5.41, 5.74) is 0.831. The molecule has 1 rings (SSSR count). The predicted molar refractivity (Wildman–Crippen MR) is 76.8 cm³/mol. The Morgan fingerprint density at radius 2 is 2.18 bits per heavy atom. The monoisotopic (exact) mass is 272 g/mol. The lowest BCUT2D eigenvalue weighted by molar-refractivity contribution is 0.189. The van der Waals surface area contributed by atoms with Crippen molar-refractivity contribution in [3.05, 3.63) is 29.3 Å². The van der Waals surface area contributed by atoms with Crippen LogP contribution in [-0.2, 0) is 4.74 Å². The fraction of sp³-hybridized carbons (Fsp3) is 0.417. The van der Waals surface area contributed by atoms with Crippen molar-refractivity contribution in [2.45, 2.75) is 6.42 Å². The molecule has 0 aliphatic carbocycles. The summed E-state index contributed by atoms with van der Waals surface area (Å²) in [5, 5.41) is 4.45. The topological polar surface area (TPSA) is 24.5 Å². The number of nitrogens with zero attached hydrogens (tertiary/aromatic N) is 1. The molecule has 94 valence electrons. The van der Waals surface area contributed by atoms with E-state index in [1.807, 2.05) is 36.2 Å². The van der Waals surface area contributed by atoms with Gasteiger partial charge in [-0.3, -0.25) is 0 Å². The van der Waals surface area contributed by atoms with Crippen molar-refractivity contribution in [2.75, 3.05) is 32.6 Å². The van der Waals surface area contributed by atoms with E-state index in [1.165, 1.54) is 0 Å². The highest BCUT2D eigenvalue weighted by Gasteiger charge is 2.06. The van der Waals surface area contributed by atoms with Gasteiger partial charge in [-0.15, -0.1) is 0 Å². The van der Waals surface area contributed by atoms with Crippen LogP contribution in [0.5, 0.6) is 0 Å². The largest absolute Gasteiger partial charge is 0.385 e. The highest BCUT2D eigenvalue weighted by atomic mass is 35.5. The molecule has 0 unspecified atom stereocenters. The summed E-state index contributed by atoms with van der Waals surface area (Å²) >= 11 is 11.3. The summed E-state index contributed by atoms with van der Waals surface area (Å²) in [5.74, 6) is 0. The van der Waals surface area contributed by atoms with Gasteiger partial charge in [0.05, 0.1) is 10.7 Å². The fourth-order valence-corrected chi connectivity index (χ4v) is 1.71. The standard InChI is InChI=1S/C12H17ClN2OS/c1-15(8-5-9-16-2)12(17)14-11-7-4-3-6-10(11)13/h3-4,6-7H,5,8-9H2,1-2H3,(H,14,17). The molecule has 0 heterocycles. The SMILES string of the molecule is COCCCN(C)C(=S)Nc1ccccc1Cl. The molecule has 3 nitrogen and oxygen atoms in total. The Morgan fingerprint density at radius 3 is 2.82 bits per heavy atom. The molecule has 5 heteroatoms. The van der Waals surface area contributed by atoms with E-state index in [0.717, 1.165) is 25.3 Å². The first-order valence-corrected chi connectivity index (χ1v) is 6.19. The van der Waals surface area contributed by atoms with E-state index in [9.17, 15) is 0 Å². The van der Waals surface area contributed by atoms with Gasteiger partial charge in [0.25, 0.3) is 0 Å². The van der Waals surface area contributed by atoms with Gasteiger partial charge in [-0.2, -0.15) is 0 Å². The quantitative estimate of drug-likeness (QED) is 0.658. The minimum Gasteiger partial charge on any atom is -0.385 e. The van der Waals surface area contributed by atoms with E-state index in [0.29, 0.717) is 10.1 Å². The van der Waals surface area contributed by atoms with Crippen molar-refractivity contribution >= 4 is 34.6 Å². The average Bonchev–Trinajstić information content (AvgIpc) is 2.32. The Bertz CT molecular complexity index is 373. The second-order valence-electron chi connectivity index (χ2n) is 3.68. The van der Waals surface area contributed by atoms with Crippen molar-refractivity contribution in [3.63, 3.8) is 0 Å². The minimum atomic E-state index is 0.661. The van der Waals surface area contributed by atoms with Crippen LogP contribution in [0, 0.1) is 0 Å². The van der Waals surface area contributed by atoms with Crippen molar-refractivity contribution in [1.82, 2.24) is 4.90 Å². The summed E-state index contributed by atoms with van der Waals surface area (Å²) in [7, 11) is 3.64. The second kappa shape index (κ2) is 7.48. The van der Waals surface area contributed by atoms with Crippen LogP contribution < -0.4 is 5.32 Å². The third-order valence-corrected chi connectivity index (χ3v) is 3.05. The van der Waals surface area contributed by atoms with Crippen LogP contribution in [0.4, 0.5) is 5.69 Å². The maximum Gasteiger partial charge on any atom is 0.173 e. The first kappa shape index (κ1) is 14.2. The van der Waals surface area contributed by atoms with Crippen LogP contribution in [0.25, 0.3) is 0 Å². The third kappa shape index (κ3) is 4.89. The molecule has 1 N–H and O–H groups in total. The van der Waals surface area contributed by atoms with Gasteiger partial charge in [0.1, 0.15) is 0 Å². The van der Waals surface area contributed by atoms with Crippen LogP contribution in [-0.4, -0.2) is 37.3 Å². The van der Waals surface area contributed by atoms with E-state index in [-0.39, 0.29) is 0 Å². The molecule has 17 heavy (non-hydrogen) atoms. The van der Waals surface area contributed by atoms with Crippen LogP contribution in [0.2, 0.25) is 5.02 Å². The van der Waals surface area contributed by atoms with Gasteiger partial charge in [-0.05, 0) is 30.8 Å². The van der Waals surface area contributed by atoms with Crippen LogP contribution in [0.3, 0.4) is 0 Å². The molecule has 1 aromatic carbocycles. The van der Waals surface area contributed by atoms with Crippen molar-refractivity contribution < 1.29 is 4.74 Å². The predicted octanol–water partition coefficient (Wildman–Crippen LogP) is 3.01. The number of benzene rings is 1. The number of anilines is 1. The summed E-state index contributed by atoms with van der Waals surface area (Å²) in [6.45, 7) is 1.59. The molecule has 0 aliphatic rings. The van der Waals surface area contributed by atoms with Gasteiger partial charge in [0.2, 0.25) is 0 Å². The molecule has 0 aromatic heterocycles. The molecule has 0 saturated heterocycles. The molecule has 0 aliphatic heterocycles. The first-order chi connectivity index (χ1) is 8.15. The Morgan fingerprint density at radius 1 is 1.47 bits per heavy atom. The van der Waals surface area contributed by atoms with E-state index in [4.69, 9.17) is 28.6 Å². The van der Waals surface area contributed by atoms with E-state index >= 15 is 0 Å². The number of thiocarbonyl (C=S) groups is 1. The zero-order chi connectivity index (χ0) is 12.7. The molecule has 0 bridgehead atoms. The second-order valence-corrected chi connectivity index (χ2v) is 4.47. The summed E-state index contributed by atoms with van der Waals surface area (Å²) < 4.78 is 5.00. The van der Waals surface area contributed by atoms with Crippen LogP contribution in [0.15, 0.2) is 24.3 Å². The lowest BCUT2D eigenvalue weighted by atomic mass is 10.3. The highest BCUT2D eigenvalue weighted by molar-refractivity contribution is 7.80. The Labute approximate surface area is 113 Å². The Balaban J connectivity index is 2.46. The molecule has 0 radical (unpaired) electrons. The Kier molecular flexibility index (Phi) is 6.26. The lowest BCUT2D eigenvalue weighted by Crippen LogP contribution is -2.32. The van der Waals surface area contributed by atoms with Crippen molar-refractivity contribution in [3.8, 4) is 0 Å². The molecule has 0 atom stereocenters. The summed E-state index contributed by atoms with van der Waals surface area (Å²) in [4.78, 5) is 1.97. The van der Waals surface area contributed by atoms with Gasteiger partial charge < -0.3 is 15.0 Å². The number of halogens is 1. The normalized spacial score (nSPS) is 10.1. The Hall–Kier alpha value is -0.840. The number of rotatable bonds is 5. The average molecular weight is 273 g/mol. The zero-order valence-corrected chi connectivity index (χ0v) is 11.6. The number of nitrogens with one attached hydrogen (secondary N) is 1. The molecule has 0 amide bonds. The maximum absolute atomic E-state index is 6.04. The van der Waals surface area contributed by atoms with E-state index < -0.39 is 0 Å². The number of methoxy groups -OCH3 is 1.